The third kappa shape index (κ3) is 1.57. The SMILES string of the molecule is S=c1[nH]c2cccnc2n1-c1cccc2cccnc12. The fraction of sp³-hybridized carbons (Fsp3) is 0. The van der Waals surface area contributed by atoms with Gasteiger partial charge in [0.1, 0.15) is 0 Å². The highest BCUT2D eigenvalue weighted by molar-refractivity contribution is 7.71. The molecule has 3 aromatic heterocycles. The predicted molar refractivity (Wildman–Crippen MR) is 81.6 cm³/mol. The Morgan fingerprint density at radius 2 is 1.75 bits per heavy atom. The van der Waals surface area contributed by atoms with Crippen LogP contribution in [0.4, 0.5) is 0 Å². The molecule has 4 nitrogen and oxygen atoms in total. The normalized spacial score (nSPS) is 11.2. The minimum Gasteiger partial charge on any atom is -0.329 e. The van der Waals surface area contributed by atoms with Crippen molar-refractivity contribution in [3.05, 3.63) is 59.6 Å². The van der Waals surface area contributed by atoms with Crippen molar-refractivity contribution in [2.75, 3.05) is 0 Å². The van der Waals surface area contributed by atoms with E-state index in [4.69, 9.17) is 12.2 Å². The predicted octanol–water partition coefficient (Wildman–Crippen LogP) is 3.63. The molecule has 96 valence electrons. The van der Waals surface area contributed by atoms with E-state index in [-0.39, 0.29) is 0 Å². The lowest BCUT2D eigenvalue weighted by atomic mass is 10.2. The van der Waals surface area contributed by atoms with Crippen LogP contribution in [0.5, 0.6) is 0 Å². The van der Waals surface area contributed by atoms with E-state index in [1.54, 1.807) is 12.4 Å². The minimum atomic E-state index is 0.622. The third-order valence-electron chi connectivity index (χ3n) is 3.30. The van der Waals surface area contributed by atoms with Crippen LogP contribution in [0.25, 0.3) is 27.8 Å². The van der Waals surface area contributed by atoms with E-state index in [1.165, 1.54) is 0 Å². The standard InChI is InChI=1S/C15H10N4S/c20-15-18-11-6-3-9-17-14(11)19(15)12-7-1-4-10-5-2-8-16-13(10)12/h1-9H,(H,18,20). The minimum absolute atomic E-state index is 0.622. The molecule has 0 saturated heterocycles. The molecule has 4 aromatic rings. The first-order valence-electron chi connectivity index (χ1n) is 6.24. The van der Waals surface area contributed by atoms with E-state index in [2.05, 4.69) is 15.0 Å². The molecule has 0 aliphatic rings. The fourth-order valence-electron chi connectivity index (χ4n) is 2.43. The Labute approximate surface area is 119 Å². The summed E-state index contributed by atoms with van der Waals surface area (Å²) in [4.78, 5) is 12.1. The summed E-state index contributed by atoms with van der Waals surface area (Å²) in [6.07, 6.45) is 3.55. The largest absolute Gasteiger partial charge is 0.329 e. The van der Waals surface area contributed by atoms with Gasteiger partial charge in [0, 0.05) is 17.8 Å². The van der Waals surface area contributed by atoms with Gasteiger partial charge in [-0.3, -0.25) is 9.55 Å². The van der Waals surface area contributed by atoms with Gasteiger partial charge < -0.3 is 4.98 Å². The Morgan fingerprint density at radius 3 is 2.70 bits per heavy atom. The Hall–Kier alpha value is -2.53. The van der Waals surface area contributed by atoms with E-state index in [1.807, 2.05) is 47.0 Å². The molecule has 0 radical (unpaired) electrons. The summed E-state index contributed by atoms with van der Waals surface area (Å²) in [6.45, 7) is 0. The van der Waals surface area contributed by atoms with Gasteiger partial charge >= 0.3 is 0 Å². The maximum absolute atomic E-state index is 5.44. The zero-order chi connectivity index (χ0) is 13.5. The maximum atomic E-state index is 5.44. The second kappa shape index (κ2) is 4.25. The van der Waals surface area contributed by atoms with Crippen molar-refractivity contribution >= 4 is 34.3 Å². The van der Waals surface area contributed by atoms with Gasteiger partial charge in [-0.05, 0) is 36.5 Å². The molecular formula is C15H10N4S. The van der Waals surface area contributed by atoms with Crippen molar-refractivity contribution < 1.29 is 0 Å². The van der Waals surface area contributed by atoms with Crippen molar-refractivity contribution in [3.8, 4) is 5.69 Å². The van der Waals surface area contributed by atoms with Crippen molar-refractivity contribution in [1.29, 1.82) is 0 Å². The number of pyridine rings is 2. The van der Waals surface area contributed by atoms with Gasteiger partial charge in [-0.2, -0.15) is 0 Å². The number of hydrogen-bond acceptors (Lipinski definition) is 3. The van der Waals surface area contributed by atoms with Crippen molar-refractivity contribution in [2.24, 2.45) is 0 Å². The van der Waals surface area contributed by atoms with Gasteiger partial charge in [-0.25, -0.2) is 4.98 Å². The van der Waals surface area contributed by atoms with E-state index in [0.717, 1.165) is 27.8 Å². The number of para-hydroxylation sites is 1. The van der Waals surface area contributed by atoms with Gasteiger partial charge in [-0.15, -0.1) is 0 Å². The number of H-pyrrole nitrogens is 1. The molecule has 0 amide bonds. The first kappa shape index (κ1) is 11.3. The van der Waals surface area contributed by atoms with Crippen LogP contribution < -0.4 is 0 Å². The molecule has 3 heterocycles. The van der Waals surface area contributed by atoms with Crippen LogP contribution in [-0.4, -0.2) is 19.5 Å². The molecule has 1 N–H and O–H groups in total. The number of aromatic amines is 1. The van der Waals surface area contributed by atoms with E-state index in [9.17, 15) is 0 Å². The quantitative estimate of drug-likeness (QED) is 0.541. The number of benzene rings is 1. The lowest BCUT2D eigenvalue weighted by molar-refractivity contribution is 1.05. The van der Waals surface area contributed by atoms with E-state index < -0.39 is 0 Å². The van der Waals surface area contributed by atoms with Crippen LogP contribution >= 0.6 is 12.2 Å². The zero-order valence-corrected chi connectivity index (χ0v) is 11.3. The van der Waals surface area contributed by atoms with Crippen LogP contribution in [-0.2, 0) is 0 Å². The number of fused-ring (bicyclic) bond motifs is 2. The van der Waals surface area contributed by atoms with Crippen molar-refractivity contribution in [2.45, 2.75) is 0 Å². The average Bonchev–Trinajstić information content (AvgIpc) is 2.82. The Morgan fingerprint density at radius 1 is 0.950 bits per heavy atom. The van der Waals surface area contributed by atoms with Crippen LogP contribution in [0, 0.1) is 4.77 Å². The molecular weight excluding hydrogens is 268 g/mol. The monoisotopic (exact) mass is 278 g/mol. The summed E-state index contributed by atoms with van der Waals surface area (Å²) < 4.78 is 2.55. The Kier molecular flexibility index (Phi) is 2.40. The van der Waals surface area contributed by atoms with Gasteiger partial charge in [0.25, 0.3) is 0 Å². The summed E-state index contributed by atoms with van der Waals surface area (Å²) in [5, 5.41) is 1.08. The molecule has 0 aliphatic carbocycles. The first-order valence-corrected chi connectivity index (χ1v) is 6.65. The number of nitrogens with zero attached hydrogens (tertiary/aromatic N) is 3. The molecule has 1 aromatic carbocycles. The van der Waals surface area contributed by atoms with Crippen LogP contribution in [0.2, 0.25) is 0 Å². The summed E-state index contributed by atoms with van der Waals surface area (Å²) in [6, 6.07) is 13.9. The number of rotatable bonds is 1. The Balaban J connectivity index is 2.17. The Bertz CT molecular complexity index is 978. The number of aromatic nitrogens is 4. The van der Waals surface area contributed by atoms with Gasteiger partial charge in [0.05, 0.1) is 16.7 Å². The molecule has 0 unspecified atom stereocenters. The summed E-state index contributed by atoms with van der Waals surface area (Å²) in [7, 11) is 0. The lowest BCUT2D eigenvalue weighted by Gasteiger charge is -2.07. The van der Waals surface area contributed by atoms with E-state index in [0.29, 0.717) is 4.77 Å². The van der Waals surface area contributed by atoms with Gasteiger partial charge in [0.15, 0.2) is 10.4 Å². The molecule has 0 bridgehead atoms. The van der Waals surface area contributed by atoms with Crippen molar-refractivity contribution in [1.82, 2.24) is 19.5 Å². The molecule has 0 fully saturated rings. The first-order chi connectivity index (χ1) is 9.84. The van der Waals surface area contributed by atoms with Crippen LogP contribution in [0.1, 0.15) is 0 Å². The number of imidazole rings is 1. The van der Waals surface area contributed by atoms with E-state index >= 15 is 0 Å². The fourth-order valence-corrected chi connectivity index (χ4v) is 2.73. The zero-order valence-electron chi connectivity index (χ0n) is 10.4. The van der Waals surface area contributed by atoms with Crippen molar-refractivity contribution in [3.63, 3.8) is 0 Å². The molecule has 0 atom stereocenters. The topological polar surface area (TPSA) is 46.5 Å². The van der Waals surface area contributed by atoms with Gasteiger partial charge in [-0.1, -0.05) is 18.2 Å². The van der Waals surface area contributed by atoms with Crippen LogP contribution in [0.3, 0.4) is 0 Å². The highest BCUT2D eigenvalue weighted by atomic mass is 32.1. The molecule has 20 heavy (non-hydrogen) atoms. The lowest BCUT2D eigenvalue weighted by Crippen LogP contribution is -1.97. The van der Waals surface area contributed by atoms with Gasteiger partial charge in [0.2, 0.25) is 0 Å². The molecule has 5 heteroatoms. The second-order valence-electron chi connectivity index (χ2n) is 4.49. The molecule has 0 saturated carbocycles. The number of hydrogen-bond donors (Lipinski definition) is 1. The highest BCUT2D eigenvalue weighted by Crippen LogP contribution is 2.23. The summed E-state index contributed by atoms with van der Waals surface area (Å²) in [5.74, 6) is 0. The van der Waals surface area contributed by atoms with Crippen LogP contribution in [0.15, 0.2) is 54.9 Å². The molecule has 0 aliphatic heterocycles. The summed E-state index contributed by atoms with van der Waals surface area (Å²) in [5.41, 5.74) is 3.59. The highest BCUT2D eigenvalue weighted by Gasteiger charge is 2.10. The molecule has 0 spiro atoms. The smallest absolute Gasteiger partial charge is 0.184 e. The average molecular weight is 278 g/mol. The second-order valence-corrected chi connectivity index (χ2v) is 4.88. The molecule has 4 rings (SSSR count). The number of nitrogens with one attached hydrogen (secondary N) is 1. The summed E-state index contributed by atoms with van der Waals surface area (Å²) >= 11 is 5.44. The maximum Gasteiger partial charge on any atom is 0.184 e. The third-order valence-corrected chi connectivity index (χ3v) is 3.58.